The fraction of sp³-hybridized carbons (Fsp3) is 0.588. The minimum Gasteiger partial charge on any atom is -0.489 e. The van der Waals surface area contributed by atoms with Gasteiger partial charge in [0.1, 0.15) is 17.5 Å². The number of hydrogen-bond donors (Lipinski definition) is 2. The molecule has 5 nitrogen and oxygen atoms in total. The van der Waals surface area contributed by atoms with Crippen molar-refractivity contribution in [1.82, 2.24) is 10.6 Å². The van der Waals surface area contributed by atoms with E-state index in [0.29, 0.717) is 19.4 Å². The van der Waals surface area contributed by atoms with Crippen LogP contribution in [0.3, 0.4) is 0 Å². The van der Waals surface area contributed by atoms with Gasteiger partial charge in [-0.2, -0.15) is 0 Å². The Kier molecular flexibility index (Phi) is 7.82. The average molecular weight is 343 g/mol. The first kappa shape index (κ1) is 19.7. The summed E-state index contributed by atoms with van der Waals surface area (Å²) in [5.41, 5.74) is 0.454. The van der Waals surface area contributed by atoms with E-state index in [-0.39, 0.29) is 24.4 Å². The average Bonchev–Trinajstić information content (AvgIpc) is 2.53. The number of halogens is 1. The maximum absolute atomic E-state index is 12.4. The molecule has 1 amide bonds. The van der Waals surface area contributed by atoms with Gasteiger partial charge in [-0.05, 0) is 57.5 Å². The second-order valence-electron chi connectivity index (χ2n) is 5.90. The summed E-state index contributed by atoms with van der Waals surface area (Å²) < 4.78 is 11.3. The predicted octanol–water partition coefficient (Wildman–Crippen LogP) is 2.07. The van der Waals surface area contributed by atoms with E-state index in [1.807, 2.05) is 38.1 Å². The third kappa shape index (κ3) is 5.37. The second-order valence-corrected chi connectivity index (χ2v) is 5.90. The number of piperidine rings is 1. The summed E-state index contributed by atoms with van der Waals surface area (Å²) in [5.74, 6) is 0.779. The number of ether oxygens (including phenoxy) is 2. The summed E-state index contributed by atoms with van der Waals surface area (Å²) in [6.45, 7) is 6.04. The van der Waals surface area contributed by atoms with E-state index in [0.717, 1.165) is 24.4 Å². The van der Waals surface area contributed by atoms with Gasteiger partial charge in [-0.3, -0.25) is 4.79 Å². The zero-order chi connectivity index (χ0) is 16.0. The van der Waals surface area contributed by atoms with Gasteiger partial charge >= 0.3 is 0 Å². The fourth-order valence-electron chi connectivity index (χ4n) is 2.71. The summed E-state index contributed by atoms with van der Waals surface area (Å²) >= 11 is 0. The number of benzene rings is 1. The zero-order valence-corrected chi connectivity index (χ0v) is 14.9. The van der Waals surface area contributed by atoms with Gasteiger partial charge in [0.25, 0.3) is 5.91 Å². The van der Waals surface area contributed by atoms with Crippen molar-refractivity contribution in [1.29, 1.82) is 0 Å². The number of nitrogens with one attached hydrogen (secondary N) is 2. The maximum atomic E-state index is 12.4. The van der Waals surface area contributed by atoms with E-state index < -0.39 is 5.60 Å². The zero-order valence-electron chi connectivity index (χ0n) is 14.1. The highest BCUT2D eigenvalue weighted by Crippen LogP contribution is 2.22. The number of rotatable bonds is 6. The van der Waals surface area contributed by atoms with Crippen molar-refractivity contribution in [3.05, 3.63) is 29.8 Å². The Morgan fingerprint density at radius 1 is 1.39 bits per heavy atom. The highest BCUT2D eigenvalue weighted by molar-refractivity contribution is 5.85. The first-order valence-electron chi connectivity index (χ1n) is 7.83. The van der Waals surface area contributed by atoms with E-state index in [9.17, 15) is 4.79 Å². The van der Waals surface area contributed by atoms with Crippen LogP contribution in [0.5, 0.6) is 5.75 Å². The Morgan fingerprint density at radius 2 is 2.09 bits per heavy atom. The first-order valence-corrected chi connectivity index (χ1v) is 7.83. The number of carbonyl (C=O) groups excluding carboxylic acids is 1. The van der Waals surface area contributed by atoms with Gasteiger partial charge in [-0.25, -0.2) is 0 Å². The third-order valence-corrected chi connectivity index (χ3v) is 4.09. The normalized spacial score (nSPS) is 17.7. The lowest BCUT2D eigenvalue weighted by Gasteiger charge is -2.35. The molecular weight excluding hydrogens is 316 g/mol. The molecule has 0 aliphatic carbocycles. The molecule has 1 unspecified atom stereocenters. The molecule has 1 saturated heterocycles. The molecule has 2 N–H and O–H groups in total. The fourth-order valence-corrected chi connectivity index (χ4v) is 2.71. The first-order chi connectivity index (χ1) is 10.6. The summed E-state index contributed by atoms with van der Waals surface area (Å²) in [7, 11) is 1.61. The van der Waals surface area contributed by atoms with E-state index in [1.54, 1.807) is 7.11 Å². The Bertz CT molecular complexity index is 504. The van der Waals surface area contributed by atoms with Crippen molar-refractivity contribution in [2.75, 3.05) is 26.7 Å². The van der Waals surface area contributed by atoms with Crippen molar-refractivity contribution < 1.29 is 14.3 Å². The number of methoxy groups -OCH3 is 1. The van der Waals surface area contributed by atoms with Gasteiger partial charge in [-0.15, -0.1) is 12.4 Å². The quantitative estimate of drug-likeness (QED) is 0.831. The SMILES string of the molecule is COC1(C(=O)NCC(C)Oc2cccc(C)c2)CCNCC1.Cl. The minimum absolute atomic E-state index is 0. The highest BCUT2D eigenvalue weighted by Gasteiger charge is 2.39. The van der Waals surface area contributed by atoms with Gasteiger partial charge in [0, 0.05) is 7.11 Å². The monoisotopic (exact) mass is 342 g/mol. The van der Waals surface area contributed by atoms with Crippen LogP contribution in [0.2, 0.25) is 0 Å². The largest absolute Gasteiger partial charge is 0.489 e. The van der Waals surface area contributed by atoms with Crippen LogP contribution in [0, 0.1) is 6.92 Å². The van der Waals surface area contributed by atoms with E-state index in [2.05, 4.69) is 10.6 Å². The molecule has 0 bridgehead atoms. The maximum Gasteiger partial charge on any atom is 0.252 e. The van der Waals surface area contributed by atoms with Crippen LogP contribution in [-0.2, 0) is 9.53 Å². The molecule has 23 heavy (non-hydrogen) atoms. The number of hydrogen-bond acceptors (Lipinski definition) is 4. The Morgan fingerprint density at radius 3 is 2.70 bits per heavy atom. The van der Waals surface area contributed by atoms with Crippen LogP contribution in [0.15, 0.2) is 24.3 Å². The number of amides is 1. The molecule has 2 rings (SSSR count). The van der Waals surface area contributed by atoms with Crippen LogP contribution in [0.25, 0.3) is 0 Å². The molecule has 0 radical (unpaired) electrons. The Balaban J connectivity index is 0.00000264. The van der Waals surface area contributed by atoms with Gasteiger partial charge in [0.15, 0.2) is 0 Å². The van der Waals surface area contributed by atoms with Crippen molar-refractivity contribution in [3.8, 4) is 5.75 Å². The van der Waals surface area contributed by atoms with Crippen LogP contribution in [0.4, 0.5) is 0 Å². The van der Waals surface area contributed by atoms with Crippen LogP contribution < -0.4 is 15.4 Å². The van der Waals surface area contributed by atoms with Crippen molar-refractivity contribution >= 4 is 18.3 Å². The van der Waals surface area contributed by atoms with E-state index >= 15 is 0 Å². The topological polar surface area (TPSA) is 59.6 Å². The molecule has 1 aliphatic rings. The molecule has 1 aromatic rings. The van der Waals surface area contributed by atoms with Crippen LogP contribution in [-0.4, -0.2) is 44.4 Å². The summed E-state index contributed by atoms with van der Waals surface area (Å²) in [4.78, 5) is 12.4. The molecule has 0 aromatic heterocycles. The van der Waals surface area contributed by atoms with Crippen LogP contribution >= 0.6 is 12.4 Å². The predicted molar refractivity (Wildman–Crippen MR) is 93.4 cm³/mol. The molecule has 1 atom stereocenters. The molecular formula is C17H27ClN2O3. The van der Waals surface area contributed by atoms with E-state index in [4.69, 9.17) is 9.47 Å². The Hall–Kier alpha value is -1.30. The molecule has 130 valence electrons. The van der Waals surface area contributed by atoms with E-state index in [1.165, 1.54) is 0 Å². The summed E-state index contributed by atoms with van der Waals surface area (Å²) in [5, 5.41) is 6.21. The molecule has 0 saturated carbocycles. The lowest BCUT2D eigenvalue weighted by molar-refractivity contribution is -0.147. The lowest BCUT2D eigenvalue weighted by atomic mass is 9.91. The molecule has 1 aromatic carbocycles. The van der Waals surface area contributed by atoms with Crippen molar-refractivity contribution in [3.63, 3.8) is 0 Å². The minimum atomic E-state index is -0.700. The molecule has 1 fully saturated rings. The van der Waals surface area contributed by atoms with Crippen molar-refractivity contribution in [2.24, 2.45) is 0 Å². The van der Waals surface area contributed by atoms with Crippen molar-refractivity contribution in [2.45, 2.75) is 38.4 Å². The standard InChI is InChI=1S/C17H26N2O3.ClH/c1-13-5-4-6-15(11-13)22-14(2)12-19-16(20)17(21-3)7-9-18-10-8-17;/h4-6,11,14,18H,7-10,12H2,1-3H3,(H,19,20);1H. The van der Waals surface area contributed by atoms with Gasteiger partial charge in [-0.1, -0.05) is 12.1 Å². The van der Waals surface area contributed by atoms with Gasteiger partial charge in [0.05, 0.1) is 6.54 Å². The summed E-state index contributed by atoms with van der Waals surface area (Å²) in [6, 6.07) is 7.90. The molecule has 1 aliphatic heterocycles. The number of carbonyl (C=O) groups is 1. The molecule has 0 spiro atoms. The van der Waals surface area contributed by atoms with Gasteiger partial charge < -0.3 is 20.1 Å². The number of aryl methyl sites for hydroxylation is 1. The summed E-state index contributed by atoms with van der Waals surface area (Å²) in [6.07, 6.45) is 1.30. The smallest absolute Gasteiger partial charge is 0.252 e. The van der Waals surface area contributed by atoms with Gasteiger partial charge in [0.2, 0.25) is 0 Å². The second kappa shape index (κ2) is 9.11. The lowest BCUT2D eigenvalue weighted by Crippen LogP contribution is -2.55. The Labute approximate surface area is 144 Å². The molecule has 1 heterocycles. The highest BCUT2D eigenvalue weighted by atomic mass is 35.5. The van der Waals surface area contributed by atoms with Crippen LogP contribution in [0.1, 0.15) is 25.3 Å². The molecule has 6 heteroatoms. The third-order valence-electron chi connectivity index (χ3n) is 4.09.